The summed E-state index contributed by atoms with van der Waals surface area (Å²) in [4.78, 5) is 27.2. The van der Waals surface area contributed by atoms with Gasteiger partial charge in [-0.25, -0.2) is 8.42 Å². The van der Waals surface area contributed by atoms with E-state index >= 15 is 0 Å². The molecule has 3 aromatic rings. The van der Waals surface area contributed by atoms with E-state index in [-0.39, 0.29) is 34.9 Å². The molecular weight excluding hydrogens is 472 g/mol. The SMILES string of the molecule is CCS(=O)(=O)c1ccc(CC(=O)Nc2ccc(C(=O)N(C)[C@H](C)c3cccc(Cl)c3)cc2)cc1. The molecule has 1 N–H and O–H groups in total. The number of anilines is 1. The lowest BCUT2D eigenvalue weighted by Crippen LogP contribution is -2.29. The maximum Gasteiger partial charge on any atom is 0.254 e. The van der Waals surface area contributed by atoms with Crippen molar-refractivity contribution in [2.24, 2.45) is 0 Å². The number of amides is 2. The molecule has 0 fully saturated rings. The second-order valence-corrected chi connectivity index (χ2v) is 10.7. The van der Waals surface area contributed by atoms with Gasteiger partial charge in [-0.15, -0.1) is 0 Å². The number of sulfone groups is 1. The lowest BCUT2D eigenvalue weighted by molar-refractivity contribution is -0.115. The van der Waals surface area contributed by atoms with E-state index in [4.69, 9.17) is 11.6 Å². The van der Waals surface area contributed by atoms with Gasteiger partial charge in [0.2, 0.25) is 5.91 Å². The van der Waals surface area contributed by atoms with Crippen molar-refractivity contribution < 1.29 is 18.0 Å². The van der Waals surface area contributed by atoms with Gasteiger partial charge in [0.15, 0.2) is 9.84 Å². The van der Waals surface area contributed by atoms with Crippen molar-refractivity contribution in [1.82, 2.24) is 4.90 Å². The maximum absolute atomic E-state index is 12.9. The third kappa shape index (κ3) is 6.24. The number of hydrogen-bond acceptors (Lipinski definition) is 4. The Labute approximate surface area is 205 Å². The summed E-state index contributed by atoms with van der Waals surface area (Å²) in [5.74, 6) is -0.356. The molecule has 0 bridgehead atoms. The number of nitrogens with one attached hydrogen (secondary N) is 1. The van der Waals surface area contributed by atoms with Crippen LogP contribution in [0.2, 0.25) is 5.02 Å². The van der Waals surface area contributed by atoms with Crippen LogP contribution in [0.15, 0.2) is 77.7 Å². The van der Waals surface area contributed by atoms with Crippen LogP contribution in [0.1, 0.15) is 41.4 Å². The molecule has 3 rings (SSSR count). The molecule has 0 aliphatic heterocycles. The molecule has 0 aliphatic rings. The lowest BCUT2D eigenvalue weighted by atomic mass is 10.1. The van der Waals surface area contributed by atoms with E-state index in [1.54, 1.807) is 61.3 Å². The molecule has 178 valence electrons. The summed E-state index contributed by atoms with van der Waals surface area (Å²) in [7, 11) is -1.53. The van der Waals surface area contributed by atoms with Crippen LogP contribution in [-0.2, 0) is 21.1 Å². The first kappa shape index (κ1) is 25.5. The normalized spacial score (nSPS) is 12.1. The molecule has 0 aromatic heterocycles. The second-order valence-electron chi connectivity index (χ2n) is 8.00. The van der Waals surface area contributed by atoms with Crippen LogP contribution in [0.5, 0.6) is 0 Å². The zero-order chi connectivity index (χ0) is 24.9. The largest absolute Gasteiger partial charge is 0.335 e. The molecule has 0 heterocycles. The van der Waals surface area contributed by atoms with Gasteiger partial charge in [0.1, 0.15) is 0 Å². The fourth-order valence-electron chi connectivity index (χ4n) is 3.44. The van der Waals surface area contributed by atoms with Gasteiger partial charge in [0.05, 0.1) is 23.1 Å². The fourth-order valence-corrected chi connectivity index (χ4v) is 4.52. The van der Waals surface area contributed by atoms with Gasteiger partial charge in [-0.2, -0.15) is 0 Å². The van der Waals surface area contributed by atoms with Crippen molar-refractivity contribution in [3.05, 3.63) is 94.5 Å². The van der Waals surface area contributed by atoms with E-state index in [0.29, 0.717) is 21.8 Å². The smallest absolute Gasteiger partial charge is 0.254 e. The van der Waals surface area contributed by atoms with Crippen LogP contribution in [0.3, 0.4) is 0 Å². The average Bonchev–Trinajstić information content (AvgIpc) is 2.83. The Kier molecular flexibility index (Phi) is 8.12. The first-order valence-corrected chi connectivity index (χ1v) is 12.9. The van der Waals surface area contributed by atoms with Crippen molar-refractivity contribution in [3.63, 3.8) is 0 Å². The monoisotopic (exact) mass is 498 g/mol. The molecule has 3 aromatic carbocycles. The number of carbonyl (C=O) groups is 2. The minimum Gasteiger partial charge on any atom is -0.335 e. The van der Waals surface area contributed by atoms with E-state index in [1.807, 2.05) is 25.1 Å². The van der Waals surface area contributed by atoms with E-state index in [2.05, 4.69) is 5.32 Å². The molecule has 0 spiro atoms. The first-order chi connectivity index (χ1) is 16.1. The number of carbonyl (C=O) groups excluding carboxylic acids is 2. The average molecular weight is 499 g/mol. The number of rotatable bonds is 8. The van der Waals surface area contributed by atoms with Crippen molar-refractivity contribution in [3.8, 4) is 0 Å². The third-order valence-corrected chi connectivity index (χ3v) is 7.66. The number of nitrogens with zero attached hydrogens (tertiary/aromatic N) is 1. The maximum atomic E-state index is 12.9. The van der Waals surface area contributed by atoms with Crippen LogP contribution in [0, 0.1) is 0 Å². The number of halogens is 1. The lowest BCUT2D eigenvalue weighted by Gasteiger charge is -2.25. The van der Waals surface area contributed by atoms with Gasteiger partial charge in [-0.1, -0.05) is 42.8 Å². The highest BCUT2D eigenvalue weighted by Crippen LogP contribution is 2.24. The Morgan fingerprint density at radius 1 is 1.00 bits per heavy atom. The van der Waals surface area contributed by atoms with Crippen molar-refractivity contribution in [1.29, 1.82) is 0 Å². The van der Waals surface area contributed by atoms with Crippen LogP contribution < -0.4 is 5.32 Å². The molecule has 0 saturated heterocycles. The van der Waals surface area contributed by atoms with E-state index in [9.17, 15) is 18.0 Å². The van der Waals surface area contributed by atoms with Gasteiger partial charge in [-0.05, 0) is 66.6 Å². The first-order valence-electron chi connectivity index (χ1n) is 10.8. The highest BCUT2D eigenvalue weighted by molar-refractivity contribution is 7.91. The summed E-state index contributed by atoms with van der Waals surface area (Å²) in [6.07, 6.45) is 0.104. The van der Waals surface area contributed by atoms with Gasteiger partial charge in [0, 0.05) is 23.3 Å². The summed E-state index contributed by atoms with van der Waals surface area (Å²) in [6, 6.07) is 20.3. The molecule has 8 heteroatoms. The van der Waals surface area contributed by atoms with Crippen molar-refractivity contribution >= 4 is 38.9 Å². The molecule has 0 unspecified atom stereocenters. The summed E-state index contributed by atoms with van der Waals surface area (Å²) >= 11 is 6.07. The highest BCUT2D eigenvalue weighted by atomic mass is 35.5. The van der Waals surface area contributed by atoms with Gasteiger partial charge in [0.25, 0.3) is 5.91 Å². The van der Waals surface area contributed by atoms with Crippen molar-refractivity contribution in [2.45, 2.75) is 31.2 Å². The van der Waals surface area contributed by atoms with Gasteiger partial charge >= 0.3 is 0 Å². The number of benzene rings is 3. The van der Waals surface area contributed by atoms with Crippen LogP contribution in [0.25, 0.3) is 0 Å². The molecule has 0 aliphatic carbocycles. The molecule has 0 radical (unpaired) electrons. The molecular formula is C26H27ClN2O4S. The Balaban J connectivity index is 1.60. The molecule has 34 heavy (non-hydrogen) atoms. The van der Waals surface area contributed by atoms with Crippen LogP contribution in [0.4, 0.5) is 5.69 Å². The topological polar surface area (TPSA) is 83.5 Å². The predicted molar refractivity (Wildman–Crippen MR) is 135 cm³/mol. The van der Waals surface area contributed by atoms with Crippen LogP contribution >= 0.6 is 11.6 Å². The van der Waals surface area contributed by atoms with E-state index < -0.39 is 9.84 Å². The molecule has 6 nitrogen and oxygen atoms in total. The Morgan fingerprint density at radius 3 is 2.24 bits per heavy atom. The summed E-state index contributed by atoms with van der Waals surface area (Å²) < 4.78 is 23.8. The zero-order valence-electron chi connectivity index (χ0n) is 19.3. The Hall–Kier alpha value is -3.16. The third-order valence-electron chi connectivity index (χ3n) is 5.68. The standard InChI is InChI=1S/C26H27ClN2O4S/c1-4-34(32,33)24-14-8-19(9-15-24)16-25(30)28-23-12-10-20(11-13-23)26(31)29(3)18(2)21-6-5-7-22(27)17-21/h5-15,17-18H,4,16H2,1-3H3,(H,28,30)/t18-/m1/s1. The summed E-state index contributed by atoms with van der Waals surface area (Å²) in [5, 5.41) is 3.42. The highest BCUT2D eigenvalue weighted by Gasteiger charge is 2.19. The second kappa shape index (κ2) is 10.8. The van der Waals surface area contributed by atoms with Gasteiger partial charge < -0.3 is 10.2 Å². The summed E-state index contributed by atoms with van der Waals surface area (Å²) in [5.41, 5.74) is 2.71. The minimum absolute atomic E-state index is 0.0284. The molecule has 2 amide bonds. The Morgan fingerprint density at radius 2 is 1.65 bits per heavy atom. The molecule has 0 saturated carbocycles. The van der Waals surface area contributed by atoms with Crippen LogP contribution in [-0.4, -0.2) is 37.9 Å². The van der Waals surface area contributed by atoms with Crippen molar-refractivity contribution in [2.75, 3.05) is 18.1 Å². The Bertz CT molecular complexity index is 1270. The van der Waals surface area contributed by atoms with E-state index in [1.165, 1.54) is 12.1 Å². The fraction of sp³-hybridized carbons (Fsp3) is 0.231. The summed E-state index contributed by atoms with van der Waals surface area (Å²) in [6.45, 7) is 3.52. The predicted octanol–water partition coefficient (Wildman–Crippen LogP) is 5.15. The number of hydrogen-bond donors (Lipinski definition) is 1. The quantitative estimate of drug-likeness (QED) is 0.465. The molecule has 1 atom stereocenters. The van der Waals surface area contributed by atoms with Gasteiger partial charge in [-0.3, -0.25) is 9.59 Å². The zero-order valence-corrected chi connectivity index (χ0v) is 20.9. The minimum atomic E-state index is -3.27. The van der Waals surface area contributed by atoms with E-state index in [0.717, 1.165) is 5.56 Å².